The number of hydrogen-bond acceptors (Lipinski definition) is 3. The summed E-state index contributed by atoms with van der Waals surface area (Å²) in [4.78, 5) is 0.355. The number of nitrogens with zero attached hydrogens (tertiary/aromatic N) is 2. The lowest BCUT2D eigenvalue weighted by Crippen LogP contribution is -1.99. The van der Waals surface area contributed by atoms with Crippen LogP contribution in [0, 0.1) is 11.8 Å². The Balaban J connectivity index is 2.26. The van der Waals surface area contributed by atoms with Crippen molar-refractivity contribution < 1.29 is 4.52 Å². The van der Waals surface area contributed by atoms with Crippen molar-refractivity contribution in [2.24, 2.45) is 0 Å². The van der Waals surface area contributed by atoms with Gasteiger partial charge in [-0.2, -0.15) is 0 Å². The number of hydrogen-bond donors (Lipinski definition) is 0. The molecule has 0 atom stereocenters. The van der Waals surface area contributed by atoms with Gasteiger partial charge in [-0.1, -0.05) is 53.7 Å². The van der Waals surface area contributed by atoms with Gasteiger partial charge in [0.2, 0.25) is 0 Å². The molecular weight excluding hydrogens is 256 g/mol. The largest absolute Gasteiger partial charge is 0.323 e. The molecule has 2 aromatic carbocycles. The molecular formula is C15H12N2OS. The van der Waals surface area contributed by atoms with E-state index in [0.29, 0.717) is 4.84 Å². The third kappa shape index (κ3) is 2.11. The summed E-state index contributed by atoms with van der Waals surface area (Å²) in [5.74, 6) is 0.722. The van der Waals surface area contributed by atoms with Crippen molar-refractivity contribution in [1.82, 2.24) is 9.72 Å². The quantitative estimate of drug-likeness (QED) is 0.654. The summed E-state index contributed by atoms with van der Waals surface area (Å²) in [5.41, 5.74) is 3.09. The molecule has 0 saturated carbocycles. The average molecular weight is 268 g/mol. The maximum atomic E-state index is 5.25. The molecule has 0 aliphatic carbocycles. The van der Waals surface area contributed by atoms with E-state index in [1.807, 2.05) is 66.1 Å². The monoisotopic (exact) mass is 268 g/mol. The van der Waals surface area contributed by atoms with Crippen LogP contribution in [0.3, 0.4) is 0 Å². The van der Waals surface area contributed by atoms with Gasteiger partial charge in [0.05, 0.1) is 5.69 Å². The molecule has 3 aromatic rings. The van der Waals surface area contributed by atoms with Gasteiger partial charge >= 0.3 is 4.84 Å². The molecule has 0 unspecified atom stereocenters. The zero-order valence-electron chi connectivity index (χ0n) is 10.4. The first kappa shape index (κ1) is 11.9. The third-order valence-electron chi connectivity index (χ3n) is 2.99. The van der Waals surface area contributed by atoms with Gasteiger partial charge < -0.3 is 4.52 Å². The lowest BCUT2D eigenvalue weighted by atomic mass is 10.1. The van der Waals surface area contributed by atoms with Gasteiger partial charge in [0.25, 0.3) is 0 Å². The third-order valence-corrected chi connectivity index (χ3v) is 3.25. The van der Waals surface area contributed by atoms with Gasteiger partial charge in [-0.15, -0.1) is 0 Å². The summed E-state index contributed by atoms with van der Waals surface area (Å²) < 4.78 is 7.05. The molecule has 94 valence electrons. The van der Waals surface area contributed by atoms with Gasteiger partial charge in [0.1, 0.15) is 0 Å². The molecule has 4 heteroatoms. The molecule has 0 N–H and O–H groups in total. The van der Waals surface area contributed by atoms with Crippen molar-refractivity contribution in [3.8, 4) is 17.1 Å². The average Bonchev–Trinajstić information content (AvgIpc) is 2.82. The summed E-state index contributed by atoms with van der Waals surface area (Å²) in [6.45, 7) is 2.04. The molecule has 1 heterocycles. The maximum absolute atomic E-state index is 5.25. The van der Waals surface area contributed by atoms with Gasteiger partial charge in [0, 0.05) is 5.56 Å². The molecule has 0 saturated heterocycles. The minimum atomic E-state index is 0.355. The number of para-hydroxylation sites is 1. The Morgan fingerprint density at radius 2 is 1.68 bits per heavy atom. The first-order valence-electron chi connectivity index (χ1n) is 5.97. The van der Waals surface area contributed by atoms with Crippen LogP contribution in [0.1, 0.15) is 5.56 Å². The molecule has 1 aromatic heterocycles. The van der Waals surface area contributed by atoms with Gasteiger partial charge in [0.15, 0.2) is 5.82 Å². The molecule has 3 rings (SSSR count). The topological polar surface area (TPSA) is 31.0 Å². The van der Waals surface area contributed by atoms with Crippen LogP contribution in [-0.4, -0.2) is 9.72 Å². The highest BCUT2D eigenvalue weighted by molar-refractivity contribution is 7.71. The predicted octanol–water partition coefficient (Wildman–Crippen LogP) is 4.17. The SMILES string of the molecule is Cc1ccccc1-n1c(-c2ccccc2)noc1=S. The Morgan fingerprint density at radius 1 is 1.00 bits per heavy atom. The molecule has 0 aliphatic heterocycles. The maximum Gasteiger partial charge on any atom is 0.302 e. The molecule has 3 nitrogen and oxygen atoms in total. The van der Waals surface area contributed by atoms with Crippen molar-refractivity contribution in [1.29, 1.82) is 0 Å². The zero-order valence-corrected chi connectivity index (χ0v) is 11.2. The van der Waals surface area contributed by atoms with Crippen molar-refractivity contribution in [3.63, 3.8) is 0 Å². The first-order chi connectivity index (χ1) is 9.27. The van der Waals surface area contributed by atoms with Crippen LogP contribution in [0.25, 0.3) is 17.1 Å². The lowest BCUT2D eigenvalue weighted by molar-refractivity contribution is 0.403. The van der Waals surface area contributed by atoms with Crippen molar-refractivity contribution in [3.05, 3.63) is 65.0 Å². The fourth-order valence-electron chi connectivity index (χ4n) is 2.05. The van der Waals surface area contributed by atoms with Gasteiger partial charge in [-0.25, -0.2) is 4.57 Å². The summed E-state index contributed by atoms with van der Waals surface area (Å²) in [7, 11) is 0. The van der Waals surface area contributed by atoms with E-state index < -0.39 is 0 Å². The number of aryl methyl sites for hydroxylation is 1. The lowest BCUT2D eigenvalue weighted by Gasteiger charge is -2.08. The summed E-state index contributed by atoms with van der Waals surface area (Å²) in [6, 6.07) is 17.9. The van der Waals surface area contributed by atoms with Crippen LogP contribution in [0.2, 0.25) is 0 Å². The number of benzene rings is 2. The molecule has 0 radical (unpaired) electrons. The second kappa shape index (κ2) is 4.82. The van der Waals surface area contributed by atoms with Crippen LogP contribution < -0.4 is 0 Å². The van der Waals surface area contributed by atoms with E-state index in [0.717, 1.165) is 22.6 Å². The molecule has 0 spiro atoms. The van der Waals surface area contributed by atoms with Gasteiger partial charge in [-0.3, -0.25) is 0 Å². The van der Waals surface area contributed by atoms with E-state index in [1.54, 1.807) is 0 Å². The molecule has 0 amide bonds. The minimum Gasteiger partial charge on any atom is -0.323 e. The minimum absolute atomic E-state index is 0.355. The van der Waals surface area contributed by atoms with E-state index in [1.165, 1.54) is 0 Å². The Bertz CT molecular complexity index is 759. The second-order valence-electron chi connectivity index (χ2n) is 4.26. The van der Waals surface area contributed by atoms with Crippen LogP contribution >= 0.6 is 12.2 Å². The van der Waals surface area contributed by atoms with Crippen LogP contribution in [-0.2, 0) is 0 Å². The van der Waals surface area contributed by atoms with Crippen molar-refractivity contribution in [2.75, 3.05) is 0 Å². The normalized spacial score (nSPS) is 10.6. The van der Waals surface area contributed by atoms with Gasteiger partial charge in [-0.05, 0) is 30.8 Å². The highest BCUT2D eigenvalue weighted by Gasteiger charge is 2.13. The Morgan fingerprint density at radius 3 is 2.42 bits per heavy atom. The van der Waals surface area contributed by atoms with E-state index in [4.69, 9.17) is 16.7 Å². The predicted molar refractivity (Wildman–Crippen MR) is 76.8 cm³/mol. The molecule has 0 bridgehead atoms. The van der Waals surface area contributed by atoms with E-state index in [-0.39, 0.29) is 0 Å². The van der Waals surface area contributed by atoms with Crippen molar-refractivity contribution in [2.45, 2.75) is 6.92 Å². The number of aromatic nitrogens is 2. The van der Waals surface area contributed by atoms with Crippen LogP contribution in [0.4, 0.5) is 0 Å². The summed E-state index contributed by atoms with van der Waals surface area (Å²) >= 11 is 5.25. The fourth-order valence-corrected chi connectivity index (χ4v) is 2.27. The Labute approximate surface area is 116 Å². The van der Waals surface area contributed by atoms with Crippen LogP contribution in [0.15, 0.2) is 59.1 Å². The summed E-state index contributed by atoms with van der Waals surface area (Å²) in [5, 5.41) is 4.09. The molecule has 0 aliphatic rings. The van der Waals surface area contributed by atoms with E-state index in [2.05, 4.69) is 5.16 Å². The van der Waals surface area contributed by atoms with Crippen LogP contribution in [0.5, 0.6) is 0 Å². The smallest absolute Gasteiger partial charge is 0.302 e. The van der Waals surface area contributed by atoms with E-state index in [9.17, 15) is 0 Å². The summed E-state index contributed by atoms with van der Waals surface area (Å²) in [6.07, 6.45) is 0. The number of rotatable bonds is 2. The first-order valence-corrected chi connectivity index (χ1v) is 6.38. The highest BCUT2D eigenvalue weighted by atomic mass is 32.1. The van der Waals surface area contributed by atoms with E-state index >= 15 is 0 Å². The zero-order chi connectivity index (χ0) is 13.2. The second-order valence-corrected chi connectivity index (χ2v) is 4.61. The standard InChI is InChI=1S/C15H12N2OS/c1-11-7-5-6-10-13(11)17-14(16-18-15(17)19)12-8-3-2-4-9-12/h2-10H,1H3. The molecule has 19 heavy (non-hydrogen) atoms. The Hall–Kier alpha value is -2.20. The molecule has 0 fully saturated rings. The Kier molecular flexibility index (Phi) is 3.01. The highest BCUT2D eigenvalue weighted by Crippen LogP contribution is 2.23. The van der Waals surface area contributed by atoms with Crippen molar-refractivity contribution >= 4 is 12.2 Å². The fraction of sp³-hybridized carbons (Fsp3) is 0.0667.